The number of allylic oxidation sites excluding steroid dienone is 8. The smallest absolute Gasteiger partial charge is 0.136 e. The Labute approximate surface area is 431 Å². The lowest BCUT2D eigenvalue weighted by atomic mass is 9.59. The van der Waals surface area contributed by atoms with E-state index in [1.54, 1.807) is 0 Å². The van der Waals surface area contributed by atoms with Crippen molar-refractivity contribution in [3.05, 3.63) is 264 Å². The molecule has 2 nitrogen and oxygen atoms in total. The molecule has 2 aliphatic carbocycles. The fraction of sp³-hybridized carbons (Fsp3) is 0.155. The largest absolute Gasteiger partial charge is 0.456 e. The van der Waals surface area contributed by atoms with Crippen LogP contribution in [0, 0.1) is 5.41 Å². The molecule has 0 radical (unpaired) electrons. The van der Waals surface area contributed by atoms with Crippen LogP contribution in [0.4, 0.5) is 17.1 Å². The number of para-hydroxylation sites is 2. The Kier molecular flexibility index (Phi) is 11.2. The molecule has 0 amide bonds. The SMILES string of the molecule is CC(C)(C)c1cc(C2=CC=CC3=CC=CC(c4ccccc4N(c4ccc(-c5ccc(-c6cccc7ccccc67)cc5)cc4)c4cccc(-c5ccc6c(c5)oc5ccccc56)c4)C32C)cc(C(C)(C)C)c1. The van der Waals surface area contributed by atoms with Gasteiger partial charge in [0.2, 0.25) is 0 Å². The number of hydrogen-bond donors (Lipinski definition) is 0. The summed E-state index contributed by atoms with van der Waals surface area (Å²) in [5, 5.41) is 4.78. The summed E-state index contributed by atoms with van der Waals surface area (Å²) >= 11 is 0. The second kappa shape index (κ2) is 17.8. The standard InChI is InChI=1S/C71H61NO/c1-69(2,3)55-42-53(43-56(46-55)70(4,5)6)64-28-16-21-54-22-17-29-65(71(54,64)7)63-26-10-12-30-66(63)72(58-23-14-20-51(44-58)52-38-41-62-61-25-11-13-31-67(61)73-68(62)45-52)57-39-36-48(37-40-57)47-32-34-50(35-33-47)60-27-15-19-49-18-8-9-24-59(49)60/h8-46,65H,1-7H3. The molecule has 0 N–H and O–H groups in total. The maximum Gasteiger partial charge on any atom is 0.136 e. The fourth-order valence-corrected chi connectivity index (χ4v) is 11.5. The highest BCUT2D eigenvalue weighted by Gasteiger charge is 2.44. The van der Waals surface area contributed by atoms with Crippen LogP contribution in [0.2, 0.25) is 0 Å². The van der Waals surface area contributed by atoms with Crippen LogP contribution in [0.25, 0.3) is 71.7 Å². The third-order valence-corrected chi connectivity index (χ3v) is 15.6. The average molecular weight is 944 g/mol. The van der Waals surface area contributed by atoms with Gasteiger partial charge < -0.3 is 9.32 Å². The summed E-state index contributed by atoms with van der Waals surface area (Å²) in [5.41, 5.74) is 19.7. The zero-order valence-electron chi connectivity index (χ0n) is 42.9. The number of benzene rings is 9. The van der Waals surface area contributed by atoms with E-state index in [-0.39, 0.29) is 22.2 Å². The molecule has 0 bridgehead atoms. The monoisotopic (exact) mass is 943 g/mol. The van der Waals surface area contributed by atoms with E-state index < -0.39 is 0 Å². The lowest BCUT2D eigenvalue weighted by Crippen LogP contribution is -2.32. The Hall–Kier alpha value is -8.20. The van der Waals surface area contributed by atoms with E-state index in [1.165, 1.54) is 66.4 Å². The Morgan fingerprint density at radius 2 is 1.07 bits per heavy atom. The first kappa shape index (κ1) is 45.9. The summed E-state index contributed by atoms with van der Waals surface area (Å²) in [6.45, 7) is 16.5. The third kappa shape index (κ3) is 8.26. The topological polar surface area (TPSA) is 16.4 Å². The van der Waals surface area contributed by atoms with Crippen LogP contribution in [0.15, 0.2) is 247 Å². The molecule has 356 valence electrons. The summed E-state index contributed by atoms with van der Waals surface area (Å²) in [6, 6.07) is 73.8. The van der Waals surface area contributed by atoms with Crippen molar-refractivity contribution in [2.45, 2.75) is 65.2 Å². The zero-order chi connectivity index (χ0) is 50.1. The zero-order valence-corrected chi connectivity index (χ0v) is 42.9. The minimum atomic E-state index is -0.372. The highest BCUT2D eigenvalue weighted by atomic mass is 16.3. The Balaban J connectivity index is 0.981. The van der Waals surface area contributed by atoms with Crippen molar-refractivity contribution in [3.8, 4) is 33.4 Å². The molecule has 0 fully saturated rings. The van der Waals surface area contributed by atoms with Crippen molar-refractivity contribution < 1.29 is 4.42 Å². The van der Waals surface area contributed by atoms with Crippen molar-refractivity contribution in [1.29, 1.82) is 0 Å². The summed E-state index contributed by atoms with van der Waals surface area (Å²) in [4.78, 5) is 2.47. The maximum absolute atomic E-state index is 6.42. The van der Waals surface area contributed by atoms with Gasteiger partial charge in [0.25, 0.3) is 0 Å². The molecular formula is C71H61NO. The Bertz CT molecular complexity index is 3840. The highest BCUT2D eigenvalue weighted by molar-refractivity contribution is 6.06. The minimum absolute atomic E-state index is 0.0111. The molecule has 1 aromatic heterocycles. The van der Waals surface area contributed by atoms with Gasteiger partial charge >= 0.3 is 0 Å². The number of rotatable bonds is 8. The predicted octanol–water partition coefficient (Wildman–Crippen LogP) is 20.0. The van der Waals surface area contributed by atoms with E-state index >= 15 is 0 Å². The Morgan fingerprint density at radius 1 is 0.452 bits per heavy atom. The molecule has 12 rings (SSSR count). The number of hydrogen-bond acceptors (Lipinski definition) is 2. The normalized spacial score (nSPS) is 16.7. The van der Waals surface area contributed by atoms with Crippen molar-refractivity contribution in [2.75, 3.05) is 4.90 Å². The molecule has 2 aliphatic rings. The van der Waals surface area contributed by atoms with Crippen molar-refractivity contribution in [2.24, 2.45) is 5.41 Å². The molecule has 1 heterocycles. The van der Waals surface area contributed by atoms with Crippen LogP contribution < -0.4 is 4.90 Å². The van der Waals surface area contributed by atoms with Gasteiger partial charge in [-0.05, 0) is 137 Å². The quantitative estimate of drug-likeness (QED) is 0.151. The molecule has 2 unspecified atom stereocenters. The van der Waals surface area contributed by atoms with E-state index in [4.69, 9.17) is 4.42 Å². The predicted molar refractivity (Wildman–Crippen MR) is 311 cm³/mol. The van der Waals surface area contributed by atoms with Gasteiger partial charge in [0, 0.05) is 39.2 Å². The molecule has 2 heteroatoms. The highest BCUT2D eigenvalue weighted by Crippen LogP contribution is 2.58. The van der Waals surface area contributed by atoms with Crippen LogP contribution in [0.1, 0.15) is 76.6 Å². The Morgan fingerprint density at radius 3 is 1.84 bits per heavy atom. The number of anilines is 3. The van der Waals surface area contributed by atoms with E-state index in [1.807, 2.05) is 12.1 Å². The summed E-state index contributed by atoms with van der Waals surface area (Å²) in [6.07, 6.45) is 14.0. The lowest BCUT2D eigenvalue weighted by molar-refractivity contribution is 0.478. The molecule has 0 saturated heterocycles. The van der Waals surface area contributed by atoms with Gasteiger partial charge in [-0.25, -0.2) is 0 Å². The molecule has 9 aromatic carbocycles. The molecule has 0 saturated carbocycles. The fourth-order valence-electron chi connectivity index (χ4n) is 11.5. The van der Waals surface area contributed by atoms with E-state index in [0.717, 1.165) is 50.1 Å². The van der Waals surface area contributed by atoms with Crippen molar-refractivity contribution >= 4 is 55.3 Å². The van der Waals surface area contributed by atoms with Crippen LogP contribution in [-0.4, -0.2) is 0 Å². The van der Waals surface area contributed by atoms with Crippen LogP contribution in [-0.2, 0) is 10.8 Å². The molecule has 73 heavy (non-hydrogen) atoms. The molecular weight excluding hydrogens is 883 g/mol. The van der Waals surface area contributed by atoms with Crippen LogP contribution in [0.5, 0.6) is 0 Å². The minimum Gasteiger partial charge on any atom is -0.456 e. The average Bonchev–Trinajstić information content (AvgIpc) is 3.78. The first-order valence-electron chi connectivity index (χ1n) is 25.8. The second-order valence-corrected chi connectivity index (χ2v) is 22.3. The number of fused-ring (bicyclic) bond motifs is 5. The second-order valence-electron chi connectivity index (χ2n) is 22.3. The first-order valence-corrected chi connectivity index (χ1v) is 25.8. The van der Waals surface area contributed by atoms with Gasteiger partial charge in [0.1, 0.15) is 11.2 Å². The third-order valence-electron chi connectivity index (χ3n) is 15.6. The number of nitrogens with zero attached hydrogens (tertiary/aromatic N) is 1. The van der Waals surface area contributed by atoms with Gasteiger partial charge in [-0.1, -0.05) is 237 Å². The van der Waals surface area contributed by atoms with E-state index in [9.17, 15) is 0 Å². The summed E-state index contributed by atoms with van der Waals surface area (Å²) in [7, 11) is 0. The summed E-state index contributed by atoms with van der Waals surface area (Å²) in [5.74, 6) is 0.0111. The van der Waals surface area contributed by atoms with Crippen molar-refractivity contribution in [1.82, 2.24) is 0 Å². The van der Waals surface area contributed by atoms with E-state index in [2.05, 4.69) is 278 Å². The summed E-state index contributed by atoms with van der Waals surface area (Å²) < 4.78 is 6.42. The molecule has 10 aromatic rings. The van der Waals surface area contributed by atoms with Gasteiger partial charge in [0.15, 0.2) is 0 Å². The lowest BCUT2D eigenvalue weighted by Gasteiger charge is -2.45. The first-order chi connectivity index (χ1) is 35.3. The van der Waals surface area contributed by atoms with Gasteiger partial charge in [0.05, 0.1) is 0 Å². The number of furan rings is 1. The van der Waals surface area contributed by atoms with E-state index in [0.29, 0.717) is 0 Å². The van der Waals surface area contributed by atoms with Gasteiger partial charge in [-0.15, -0.1) is 0 Å². The van der Waals surface area contributed by atoms with Crippen LogP contribution in [0.3, 0.4) is 0 Å². The van der Waals surface area contributed by atoms with Crippen LogP contribution >= 0.6 is 0 Å². The van der Waals surface area contributed by atoms with Gasteiger partial charge in [-0.3, -0.25) is 0 Å². The molecule has 2 atom stereocenters. The molecule has 0 aliphatic heterocycles. The van der Waals surface area contributed by atoms with Gasteiger partial charge in [-0.2, -0.15) is 0 Å². The molecule has 0 spiro atoms. The maximum atomic E-state index is 6.42. The van der Waals surface area contributed by atoms with Crippen molar-refractivity contribution in [3.63, 3.8) is 0 Å².